The Hall–Kier alpha value is -5.93. The molecule has 1 atom stereocenters. The number of anilines is 1. The Labute approximate surface area is 347 Å². The molecule has 5 heterocycles. The van der Waals surface area contributed by atoms with E-state index in [0.29, 0.717) is 33.4 Å². The van der Waals surface area contributed by atoms with E-state index in [1.54, 1.807) is 30.3 Å². The van der Waals surface area contributed by atoms with Crippen LogP contribution in [0.1, 0.15) is 64.8 Å². The Bertz CT molecular complexity index is 2470. The van der Waals surface area contributed by atoms with Gasteiger partial charge in [0.15, 0.2) is 5.75 Å². The number of halogens is 3. The van der Waals surface area contributed by atoms with Crippen molar-refractivity contribution in [2.45, 2.75) is 56.8 Å². The fourth-order valence-electron chi connectivity index (χ4n) is 8.66. The van der Waals surface area contributed by atoms with Gasteiger partial charge in [0.2, 0.25) is 11.8 Å². The van der Waals surface area contributed by atoms with Crippen molar-refractivity contribution in [2.24, 2.45) is 5.92 Å². The van der Waals surface area contributed by atoms with E-state index < -0.39 is 41.4 Å². The third kappa shape index (κ3) is 7.91. The Balaban J connectivity index is 0.759. The molecule has 60 heavy (non-hydrogen) atoms. The number of benzene rings is 4. The molecule has 0 bridgehead atoms. The Morgan fingerprint density at radius 1 is 0.767 bits per heavy atom. The summed E-state index contributed by atoms with van der Waals surface area (Å²) >= 11 is 1.33. The number of carbonyl (C=O) groups excluding carboxylic acids is 4. The van der Waals surface area contributed by atoms with Crippen LogP contribution >= 0.6 is 11.3 Å². The number of nitrogens with one attached hydrogen (secondary N) is 1. The number of aromatic hydroxyl groups is 1. The number of ether oxygens (including phenoxy) is 2. The molecular weight excluding hydrogens is 798 g/mol. The predicted molar refractivity (Wildman–Crippen MR) is 219 cm³/mol. The number of thiophene rings is 1. The molecule has 5 aromatic rings. The standard InChI is InChI=1S/C45H41F3N4O7S/c46-45(47,48)28-3-1-27(2-4-28)41-40(35-12-6-30(53)24-38(35)60-41)59-32-9-7-31(8-10-32)58-33-17-19-50(20-18-33)25-26-15-21-51(22-16-26)29-5-11-34-36(23-29)44(57)52(43(34)56)37-13-14-39(54)49-42(37)55/h1-12,23-24,26,33,37,53H,13-22,25H2,(H,49,54,55). The molecule has 4 aliphatic heterocycles. The fourth-order valence-corrected chi connectivity index (χ4v) is 9.83. The van der Waals surface area contributed by atoms with Gasteiger partial charge in [-0.1, -0.05) is 12.1 Å². The van der Waals surface area contributed by atoms with Gasteiger partial charge in [0.25, 0.3) is 11.8 Å². The largest absolute Gasteiger partial charge is 0.508 e. The quantitative estimate of drug-likeness (QED) is 0.141. The van der Waals surface area contributed by atoms with Crippen LogP contribution in [-0.4, -0.2) is 83.4 Å². The number of hydrogen-bond acceptors (Lipinski definition) is 10. The summed E-state index contributed by atoms with van der Waals surface area (Å²) in [5, 5.41) is 13.1. The van der Waals surface area contributed by atoms with Crippen molar-refractivity contribution in [1.29, 1.82) is 0 Å². The summed E-state index contributed by atoms with van der Waals surface area (Å²) in [6, 6.07) is 21.5. The third-order valence-corrected chi connectivity index (χ3v) is 13.1. The first-order valence-corrected chi connectivity index (χ1v) is 20.9. The van der Waals surface area contributed by atoms with Crippen molar-refractivity contribution in [1.82, 2.24) is 15.1 Å². The molecule has 310 valence electrons. The minimum Gasteiger partial charge on any atom is -0.508 e. The Morgan fingerprint density at radius 2 is 1.47 bits per heavy atom. The Morgan fingerprint density at radius 3 is 2.17 bits per heavy atom. The van der Waals surface area contributed by atoms with Crippen LogP contribution in [0.3, 0.4) is 0 Å². The number of nitrogens with zero attached hydrogens (tertiary/aromatic N) is 3. The summed E-state index contributed by atoms with van der Waals surface area (Å²) in [6.07, 6.45) is -0.414. The van der Waals surface area contributed by atoms with Gasteiger partial charge in [0.05, 0.1) is 21.6 Å². The van der Waals surface area contributed by atoms with Gasteiger partial charge in [0.1, 0.15) is 29.4 Å². The zero-order valence-corrected chi connectivity index (χ0v) is 33.2. The smallest absolute Gasteiger partial charge is 0.416 e. The lowest BCUT2D eigenvalue weighted by molar-refractivity contribution is -0.138. The van der Waals surface area contributed by atoms with Gasteiger partial charge in [0, 0.05) is 54.9 Å². The second-order valence-electron chi connectivity index (χ2n) is 15.8. The number of rotatable bonds is 9. The molecule has 4 aliphatic rings. The number of alkyl halides is 3. The van der Waals surface area contributed by atoms with Crippen molar-refractivity contribution in [3.8, 4) is 33.4 Å². The number of likely N-dealkylation sites (tertiary alicyclic amines) is 1. The van der Waals surface area contributed by atoms with Gasteiger partial charge in [-0.25, -0.2) is 0 Å². The molecule has 15 heteroatoms. The van der Waals surface area contributed by atoms with Crippen molar-refractivity contribution in [3.63, 3.8) is 0 Å². The second-order valence-corrected chi connectivity index (χ2v) is 16.9. The van der Waals surface area contributed by atoms with Crippen molar-refractivity contribution >= 4 is 50.7 Å². The van der Waals surface area contributed by atoms with E-state index in [-0.39, 0.29) is 30.3 Å². The summed E-state index contributed by atoms with van der Waals surface area (Å²) < 4.78 is 53.2. The van der Waals surface area contributed by atoms with Crippen LogP contribution in [0.15, 0.2) is 84.9 Å². The van der Waals surface area contributed by atoms with Gasteiger partial charge in [-0.15, -0.1) is 11.3 Å². The highest BCUT2D eigenvalue weighted by Crippen LogP contribution is 2.48. The minimum absolute atomic E-state index is 0.0648. The molecule has 3 fully saturated rings. The van der Waals surface area contributed by atoms with E-state index in [0.717, 1.165) is 97.0 Å². The first kappa shape index (κ1) is 39.5. The number of hydrogen-bond donors (Lipinski definition) is 2. The molecular formula is C45H41F3N4O7S. The molecule has 0 radical (unpaired) electrons. The molecule has 11 nitrogen and oxygen atoms in total. The van der Waals surface area contributed by atoms with Crippen LogP contribution in [0.25, 0.3) is 20.5 Å². The van der Waals surface area contributed by atoms with E-state index in [1.165, 1.54) is 23.5 Å². The number of carbonyl (C=O) groups is 4. The highest BCUT2D eigenvalue weighted by molar-refractivity contribution is 7.22. The van der Waals surface area contributed by atoms with E-state index in [9.17, 15) is 37.5 Å². The average Bonchev–Trinajstić information content (AvgIpc) is 3.71. The van der Waals surface area contributed by atoms with Gasteiger partial charge in [-0.3, -0.25) is 29.4 Å². The van der Waals surface area contributed by atoms with Gasteiger partial charge in [-0.05, 0) is 116 Å². The maximum Gasteiger partial charge on any atom is 0.416 e. The van der Waals surface area contributed by atoms with Crippen LogP contribution in [0, 0.1) is 5.92 Å². The highest BCUT2D eigenvalue weighted by Gasteiger charge is 2.45. The molecule has 1 unspecified atom stereocenters. The summed E-state index contributed by atoms with van der Waals surface area (Å²) in [4.78, 5) is 56.9. The predicted octanol–water partition coefficient (Wildman–Crippen LogP) is 8.25. The van der Waals surface area contributed by atoms with Crippen molar-refractivity contribution < 1.29 is 46.9 Å². The molecule has 4 aromatic carbocycles. The molecule has 0 aliphatic carbocycles. The number of phenols is 1. The minimum atomic E-state index is -4.44. The van der Waals surface area contributed by atoms with Crippen LogP contribution < -0.4 is 19.7 Å². The Kier molecular flexibility index (Phi) is 10.5. The first-order valence-electron chi connectivity index (χ1n) is 20.1. The molecule has 0 saturated carbocycles. The maximum atomic E-state index is 13.3. The summed E-state index contributed by atoms with van der Waals surface area (Å²) in [6.45, 7) is 4.49. The zero-order valence-electron chi connectivity index (χ0n) is 32.4. The number of imide groups is 2. The molecule has 0 spiro atoms. The number of fused-ring (bicyclic) bond motifs is 2. The van der Waals surface area contributed by atoms with Gasteiger partial charge < -0.3 is 24.4 Å². The van der Waals surface area contributed by atoms with Gasteiger partial charge >= 0.3 is 6.18 Å². The van der Waals surface area contributed by atoms with Crippen molar-refractivity contribution in [3.05, 3.63) is 102 Å². The normalized spacial score (nSPS) is 19.6. The maximum absolute atomic E-state index is 13.3. The highest BCUT2D eigenvalue weighted by atomic mass is 32.1. The average molecular weight is 839 g/mol. The summed E-state index contributed by atoms with van der Waals surface area (Å²) in [5.74, 6) is 0.345. The monoisotopic (exact) mass is 838 g/mol. The SMILES string of the molecule is O=C1CCC(N2C(=O)c3ccc(N4CCC(CN5CCC(Oc6ccc(Oc7c(-c8ccc(C(F)(F)F)cc8)sc8cc(O)ccc78)cc6)CC5)CC4)cc3C2=O)C(=O)N1. The van der Waals surface area contributed by atoms with Crippen LogP contribution in [0.2, 0.25) is 0 Å². The molecule has 9 rings (SSSR count). The molecule has 1 aromatic heterocycles. The first-order chi connectivity index (χ1) is 28.9. The lowest BCUT2D eigenvalue weighted by Gasteiger charge is -2.38. The number of amides is 4. The van der Waals surface area contributed by atoms with Gasteiger partial charge in [-0.2, -0.15) is 13.2 Å². The van der Waals surface area contributed by atoms with Crippen molar-refractivity contribution in [2.75, 3.05) is 37.6 Å². The van der Waals surface area contributed by atoms with E-state index >= 15 is 0 Å². The lowest BCUT2D eigenvalue weighted by Crippen LogP contribution is -2.54. The molecule has 3 saturated heterocycles. The number of piperidine rings is 3. The topological polar surface area (TPSA) is 129 Å². The van der Waals surface area contributed by atoms with E-state index in [2.05, 4.69) is 15.1 Å². The fraction of sp³-hybridized carbons (Fsp3) is 0.333. The molecule has 4 amide bonds. The van der Waals surface area contributed by atoms with Crippen LogP contribution in [0.5, 0.6) is 23.0 Å². The number of phenolic OH excluding ortho intramolecular Hbond substituents is 1. The molecule has 2 N–H and O–H groups in total. The summed E-state index contributed by atoms with van der Waals surface area (Å²) in [5.41, 5.74) is 1.29. The van der Waals surface area contributed by atoms with Crippen LogP contribution in [-0.2, 0) is 15.8 Å². The van der Waals surface area contributed by atoms with E-state index in [1.807, 2.05) is 30.3 Å². The lowest BCUT2D eigenvalue weighted by atomic mass is 9.94. The zero-order chi connectivity index (χ0) is 41.7. The van der Waals surface area contributed by atoms with E-state index in [4.69, 9.17) is 9.47 Å². The third-order valence-electron chi connectivity index (χ3n) is 11.9. The summed E-state index contributed by atoms with van der Waals surface area (Å²) in [7, 11) is 0. The second kappa shape index (κ2) is 15.9. The van der Waals surface area contributed by atoms with Crippen LogP contribution in [0.4, 0.5) is 18.9 Å².